The molecule has 3 aromatic rings. The van der Waals surface area contributed by atoms with Crippen LogP contribution in [0.2, 0.25) is 0 Å². The van der Waals surface area contributed by atoms with Crippen LogP contribution in [0.1, 0.15) is 10.5 Å². The first-order chi connectivity index (χ1) is 11.8. The summed E-state index contributed by atoms with van der Waals surface area (Å²) in [5.41, 5.74) is 1.33. The van der Waals surface area contributed by atoms with Crippen molar-refractivity contribution in [1.29, 1.82) is 0 Å². The molecule has 2 heterocycles. The van der Waals surface area contributed by atoms with E-state index in [0.717, 1.165) is 17.7 Å². The molecule has 0 aliphatic carbocycles. The van der Waals surface area contributed by atoms with Crippen LogP contribution in [0.4, 0.5) is 18.9 Å². The Labute approximate surface area is 143 Å². The lowest BCUT2D eigenvalue weighted by Crippen LogP contribution is -2.17. The van der Waals surface area contributed by atoms with Crippen LogP contribution in [0.25, 0.3) is 10.6 Å². The number of amides is 1. The van der Waals surface area contributed by atoms with Gasteiger partial charge in [0.05, 0.1) is 6.20 Å². The zero-order chi connectivity index (χ0) is 18.0. The summed E-state index contributed by atoms with van der Waals surface area (Å²) in [5.74, 6) is -0.825. The van der Waals surface area contributed by atoms with E-state index in [1.807, 2.05) is 0 Å². The smallest absolute Gasteiger partial charge is 0.406 e. The summed E-state index contributed by atoms with van der Waals surface area (Å²) < 4.78 is 41.7. The minimum absolute atomic E-state index is 0.208. The number of aryl methyl sites for hydroxylation is 1. The fraction of sp³-hybridized carbons (Fsp3) is 0.133. The van der Waals surface area contributed by atoms with Crippen molar-refractivity contribution in [2.45, 2.75) is 6.36 Å². The predicted molar refractivity (Wildman–Crippen MR) is 85.4 cm³/mol. The van der Waals surface area contributed by atoms with Gasteiger partial charge in [0, 0.05) is 29.9 Å². The highest BCUT2D eigenvalue weighted by atomic mass is 32.1. The standard InChI is InChI=1S/C15H11F3N4O2S/c1-22-7-9(6-19-22)14-21-12(8-25-14)13(23)20-10-2-4-11(5-3-10)24-15(16,17)18/h2-8H,1H3,(H,20,23). The van der Waals surface area contributed by atoms with E-state index < -0.39 is 12.3 Å². The van der Waals surface area contributed by atoms with Crippen molar-refractivity contribution in [3.05, 3.63) is 47.7 Å². The molecule has 3 rings (SSSR count). The lowest BCUT2D eigenvalue weighted by molar-refractivity contribution is -0.274. The van der Waals surface area contributed by atoms with Gasteiger partial charge < -0.3 is 10.1 Å². The number of nitrogens with one attached hydrogen (secondary N) is 1. The Morgan fingerprint density at radius 3 is 2.60 bits per heavy atom. The molecule has 0 bridgehead atoms. The van der Waals surface area contributed by atoms with Crippen LogP contribution >= 0.6 is 11.3 Å². The number of halogens is 3. The number of hydrogen-bond donors (Lipinski definition) is 1. The number of ether oxygens (including phenoxy) is 1. The van der Waals surface area contributed by atoms with Crippen LogP contribution in [-0.2, 0) is 7.05 Å². The van der Waals surface area contributed by atoms with Crippen molar-refractivity contribution in [2.75, 3.05) is 5.32 Å². The van der Waals surface area contributed by atoms with E-state index >= 15 is 0 Å². The van der Waals surface area contributed by atoms with E-state index in [0.29, 0.717) is 10.7 Å². The van der Waals surface area contributed by atoms with Gasteiger partial charge in [0.2, 0.25) is 0 Å². The highest BCUT2D eigenvalue weighted by Gasteiger charge is 2.31. The maximum atomic E-state index is 12.2. The minimum Gasteiger partial charge on any atom is -0.406 e. The molecule has 0 radical (unpaired) electrons. The van der Waals surface area contributed by atoms with Crippen LogP contribution in [-0.4, -0.2) is 27.0 Å². The van der Waals surface area contributed by atoms with E-state index in [9.17, 15) is 18.0 Å². The Morgan fingerprint density at radius 2 is 2.00 bits per heavy atom. The second kappa shape index (κ2) is 6.55. The molecule has 2 aromatic heterocycles. The molecule has 0 saturated carbocycles. The molecule has 0 atom stereocenters. The molecule has 1 aromatic carbocycles. The number of nitrogens with zero attached hydrogens (tertiary/aromatic N) is 3. The fourth-order valence-corrected chi connectivity index (χ4v) is 2.75. The monoisotopic (exact) mass is 368 g/mol. The Balaban J connectivity index is 1.67. The van der Waals surface area contributed by atoms with Crippen molar-refractivity contribution in [3.63, 3.8) is 0 Å². The average molecular weight is 368 g/mol. The fourth-order valence-electron chi connectivity index (χ4n) is 1.98. The highest BCUT2D eigenvalue weighted by Crippen LogP contribution is 2.25. The normalized spacial score (nSPS) is 11.4. The quantitative estimate of drug-likeness (QED) is 0.763. The number of rotatable bonds is 4. The zero-order valence-electron chi connectivity index (χ0n) is 12.7. The third kappa shape index (κ3) is 4.35. The number of benzene rings is 1. The molecule has 25 heavy (non-hydrogen) atoms. The first-order valence-corrected chi connectivity index (χ1v) is 7.80. The summed E-state index contributed by atoms with van der Waals surface area (Å²) in [6, 6.07) is 4.86. The van der Waals surface area contributed by atoms with Crippen LogP contribution < -0.4 is 10.1 Å². The van der Waals surface area contributed by atoms with Gasteiger partial charge in [-0.25, -0.2) is 4.98 Å². The molecule has 1 N–H and O–H groups in total. The van der Waals surface area contributed by atoms with Gasteiger partial charge >= 0.3 is 6.36 Å². The van der Waals surface area contributed by atoms with Gasteiger partial charge in [0.1, 0.15) is 16.5 Å². The molecular weight excluding hydrogens is 357 g/mol. The number of anilines is 1. The Morgan fingerprint density at radius 1 is 1.28 bits per heavy atom. The van der Waals surface area contributed by atoms with Gasteiger partial charge in [0.15, 0.2) is 0 Å². The largest absolute Gasteiger partial charge is 0.573 e. The predicted octanol–water partition coefficient (Wildman–Crippen LogP) is 3.69. The van der Waals surface area contributed by atoms with Gasteiger partial charge in [0.25, 0.3) is 5.91 Å². The van der Waals surface area contributed by atoms with E-state index in [-0.39, 0.29) is 11.4 Å². The third-order valence-electron chi connectivity index (χ3n) is 3.03. The van der Waals surface area contributed by atoms with Gasteiger partial charge in [-0.05, 0) is 24.3 Å². The van der Waals surface area contributed by atoms with E-state index in [1.165, 1.54) is 23.5 Å². The summed E-state index contributed by atoms with van der Waals surface area (Å²) in [7, 11) is 1.77. The molecule has 1 amide bonds. The van der Waals surface area contributed by atoms with Crippen LogP contribution in [0.3, 0.4) is 0 Å². The Bertz CT molecular complexity index is 887. The van der Waals surface area contributed by atoms with Crippen molar-refractivity contribution in [2.24, 2.45) is 7.05 Å². The molecule has 0 fully saturated rings. The second-order valence-electron chi connectivity index (χ2n) is 4.97. The molecule has 0 unspecified atom stereocenters. The number of alkyl halides is 3. The maximum absolute atomic E-state index is 12.2. The van der Waals surface area contributed by atoms with Crippen molar-refractivity contribution in [3.8, 4) is 16.3 Å². The lowest BCUT2D eigenvalue weighted by atomic mass is 10.3. The summed E-state index contributed by atoms with van der Waals surface area (Å²) in [5, 5.41) is 8.85. The maximum Gasteiger partial charge on any atom is 0.573 e. The van der Waals surface area contributed by atoms with Gasteiger partial charge in [-0.3, -0.25) is 9.48 Å². The molecule has 10 heteroatoms. The molecule has 0 saturated heterocycles. The average Bonchev–Trinajstić information content (AvgIpc) is 3.16. The summed E-state index contributed by atoms with van der Waals surface area (Å²) in [6.45, 7) is 0. The zero-order valence-corrected chi connectivity index (χ0v) is 13.6. The van der Waals surface area contributed by atoms with E-state index in [1.54, 1.807) is 29.5 Å². The van der Waals surface area contributed by atoms with Crippen molar-refractivity contribution >= 4 is 22.9 Å². The summed E-state index contributed by atoms with van der Waals surface area (Å²) in [6.07, 6.45) is -1.34. The van der Waals surface area contributed by atoms with Gasteiger partial charge in [-0.2, -0.15) is 5.10 Å². The number of carbonyl (C=O) groups excluding carboxylic acids is 1. The Hall–Kier alpha value is -2.88. The number of hydrogen-bond acceptors (Lipinski definition) is 5. The van der Waals surface area contributed by atoms with E-state index in [4.69, 9.17) is 0 Å². The first-order valence-electron chi connectivity index (χ1n) is 6.92. The minimum atomic E-state index is -4.76. The number of thiazole rings is 1. The molecular formula is C15H11F3N4O2S. The van der Waals surface area contributed by atoms with E-state index in [2.05, 4.69) is 20.1 Å². The SMILES string of the molecule is Cn1cc(-c2nc(C(=O)Nc3ccc(OC(F)(F)F)cc3)cs2)cn1. The van der Waals surface area contributed by atoms with Crippen molar-refractivity contribution < 1.29 is 22.7 Å². The molecule has 0 aliphatic heterocycles. The Kier molecular flexibility index (Phi) is 4.45. The van der Waals surface area contributed by atoms with Crippen LogP contribution in [0.5, 0.6) is 5.75 Å². The molecule has 0 aliphatic rings. The molecule has 0 spiro atoms. The number of aromatic nitrogens is 3. The third-order valence-corrected chi connectivity index (χ3v) is 3.93. The molecule has 6 nitrogen and oxygen atoms in total. The lowest BCUT2D eigenvalue weighted by Gasteiger charge is -2.09. The highest BCUT2D eigenvalue weighted by molar-refractivity contribution is 7.13. The van der Waals surface area contributed by atoms with Gasteiger partial charge in [-0.15, -0.1) is 24.5 Å². The van der Waals surface area contributed by atoms with Crippen LogP contribution in [0.15, 0.2) is 42.0 Å². The first kappa shape index (κ1) is 17.0. The van der Waals surface area contributed by atoms with Crippen LogP contribution in [0, 0.1) is 0 Å². The molecule has 130 valence electrons. The summed E-state index contributed by atoms with van der Waals surface area (Å²) >= 11 is 1.29. The topological polar surface area (TPSA) is 69.0 Å². The van der Waals surface area contributed by atoms with Crippen molar-refractivity contribution in [1.82, 2.24) is 14.8 Å². The van der Waals surface area contributed by atoms with Gasteiger partial charge in [-0.1, -0.05) is 0 Å². The second-order valence-corrected chi connectivity index (χ2v) is 5.82. The summed E-state index contributed by atoms with van der Waals surface area (Å²) in [4.78, 5) is 16.4. The number of carbonyl (C=O) groups is 1.